The van der Waals surface area contributed by atoms with Gasteiger partial charge in [0.25, 0.3) is 0 Å². The summed E-state index contributed by atoms with van der Waals surface area (Å²) in [5.74, 6) is -2.05. The fraction of sp³-hybridized carbons (Fsp3) is 0.700. The monoisotopic (exact) mass is 280 g/mol. The van der Waals surface area contributed by atoms with Crippen LogP contribution in [0, 0.1) is 5.92 Å². The highest BCUT2D eigenvalue weighted by atomic mass is 19.4. The smallest absolute Gasteiger partial charge is 0.475 e. The average Bonchev–Trinajstić information content (AvgIpc) is 2.90. The van der Waals surface area contributed by atoms with Crippen molar-refractivity contribution >= 4 is 5.97 Å². The topological polar surface area (TPSA) is 94.0 Å². The van der Waals surface area contributed by atoms with Gasteiger partial charge in [0, 0.05) is 12.6 Å². The lowest BCUT2D eigenvalue weighted by Gasteiger charge is -2.07. The van der Waals surface area contributed by atoms with Crippen molar-refractivity contribution in [3.8, 4) is 0 Å². The van der Waals surface area contributed by atoms with Crippen molar-refractivity contribution in [3.63, 3.8) is 0 Å². The Morgan fingerprint density at radius 2 is 2.11 bits per heavy atom. The highest BCUT2D eigenvalue weighted by Crippen LogP contribution is 2.24. The van der Waals surface area contributed by atoms with E-state index in [1.807, 2.05) is 4.68 Å². The van der Waals surface area contributed by atoms with E-state index in [4.69, 9.17) is 15.6 Å². The normalized spacial score (nSPS) is 22.7. The van der Waals surface area contributed by atoms with Crippen LogP contribution in [0.1, 0.15) is 19.3 Å². The summed E-state index contributed by atoms with van der Waals surface area (Å²) in [6.07, 6.45) is 1.80. The second kappa shape index (κ2) is 6.50. The lowest BCUT2D eigenvalue weighted by atomic mass is 10.1. The van der Waals surface area contributed by atoms with Gasteiger partial charge in [-0.2, -0.15) is 18.3 Å². The molecule has 19 heavy (non-hydrogen) atoms. The number of nitrogens with two attached hydrogens (primary N) is 1. The third-order valence-corrected chi connectivity index (χ3v) is 2.74. The van der Waals surface area contributed by atoms with E-state index in [9.17, 15) is 13.2 Å². The molecule has 1 aromatic heterocycles. The van der Waals surface area contributed by atoms with Crippen molar-refractivity contribution in [2.75, 3.05) is 0 Å². The third kappa shape index (κ3) is 5.69. The van der Waals surface area contributed by atoms with Crippen LogP contribution >= 0.6 is 0 Å². The van der Waals surface area contributed by atoms with E-state index in [0.29, 0.717) is 12.0 Å². The Morgan fingerprint density at radius 3 is 2.47 bits per heavy atom. The van der Waals surface area contributed by atoms with Crippen molar-refractivity contribution in [2.24, 2.45) is 11.7 Å². The standard InChI is InChI=1S/C8H14N4.C2HF3O2/c9-8-2-1-7(3-8)4-12-6-10-5-11-12;3-2(4,5)1(6)7/h5-8H,1-4,9H2;(H,6,7)/t7-,8+;/m0./s1. The molecular weight excluding hydrogens is 265 g/mol. The molecule has 2 atom stereocenters. The van der Waals surface area contributed by atoms with Gasteiger partial charge in [0.2, 0.25) is 0 Å². The van der Waals surface area contributed by atoms with Gasteiger partial charge in [-0.05, 0) is 25.2 Å². The Morgan fingerprint density at radius 1 is 1.47 bits per heavy atom. The lowest BCUT2D eigenvalue weighted by molar-refractivity contribution is -0.192. The molecule has 9 heteroatoms. The predicted molar refractivity (Wildman–Crippen MR) is 59.0 cm³/mol. The molecule has 0 aliphatic heterocycles. The summed E-state index contributed by atoms with van der Waals surface area (Å²) < 4.78 is 33.6. The van der Waals surface area contributed by atoms with Gasteiger partial charge in [0.15, 0.2) is 0 Å². The molecule has 0 radical (unpaired) electrons. The molecule has 1 aliphatic rings. The van der Waals surface area contributed by atoms with Crippen molar-refractivity contribution < 1.29 is 23.1 Å². The minimum absolute atomic E-state index is 0.415. The first-order valence-corrected chi connectivity index (χ1v) is 5.67. The first-order chi connectivity index (χ1) is 8.79. The number of rotatable bonds is 2. The number of aromatic nitrogens is 3. The summed E-state index contributed by atoms with van der Waals surface area (Å²) in [5.41, 5.74) is 5.81. The Bertz CT molecular complexity index is 394. The van der Waals surface area contributed by atoms with Gasteiger partial charge in [-0.25, -0.2) is 9.78 Å². The minimum atomic E-state index is -5.08. The van der Waals surface area contributed by atoms with E-state index in [1.165, 1.54) is 12.8 Å². The lowest BCUT2D eigenvalue weighted by Crippen LogP contribution is -2.21. The zero-order chi connectivity index (χ0) is 14.5. The van der Waals surface area contributed by atoms with Gasteiger partial charge in [-0.15, -0.1) is 0 Å². The number of carbonyl (C=O) groups is 1. The Hall–Kier alpha value is -1.64. The molecule has 0 spiro atoms. The second-order valence-electron chi connectivity index (χ2n) is 4.36. The molecule has 0 saturated heterocycles. The molecule has 0 amide bonds. The second-order valence-corrected chi connectivity index (χ2v) is 4.36. The van der Waals surface area contributed by atoms with Gasteiger partial charge >= 0.3 is 12.1 Å². The molecule has 2 rings (SSSR count). The van der Waals surface area contributed by atoms with Gasteiger partial charge in [0.05, 0.1) is 0 Å². The molecule has 0 aromatic carbocycles. The SMILES string of the molecule is N[C@@H]1CC[C@H](Cn2cncn2)C1.O=C(O)C(F)(F)F. The number of carboxylic acids is 1. The molecule has 1 heterocycles. The van der Waals surface area contributed by atoms with Crippen LogP contribution in [-0.2, 0) is 11.3 Å². The van der Waals surface area contributed by atoms with Gasteiger partial charge in [-0.1, -0.05) is 0 Å². The summed E-state index contributed by atoms with van der Waals surface area (Å²) in [6.45, 7) is 0.980. The van der Waals surface area contributed by atoms with E-state index in [1.54, 1.807) is 12.7 Å². The van der Waals surface area contributed by atoms with Crippen LogP contribution in [0.25, 0.3) is 0 Å². The van der Waals surface area contributed by atoms with Crippen molar-refractivity contribution in [2.45, 2.75) is 38.0 Å². The van der Waals surface area contributed by atoms with Crippen molar-refractivity contribution in [1.82, 2.24) is 14.8 Å². The van der Waals surface area contributed by atoms with Crippen molar-refractivity contribution in [3.05, 3.63) is 12.7 Å². The molecular formula is C10H15F3N4O2. The molecule has 0 unspecified atom stereocenters. The first-order valence-electron chi connectivity index (χ1n) is 5.67. The number of hydrogen-bond acceptors (Lipinski definition) is 4. The molecule has 0 bridgehead atoms. The van der Waals surface area contributed by atoms with Gasteiger partial charge in [-0.3, -0.25) is 4.68 Å². The van der Waals surface area contributed by atoms with Crippen LogP contribution in [0.4, 0.5) is 13.2 Å². The number of carboxylic acid groups (broad SMARTS) is 1. The Kier molecular flexibility index (Phi) is 5.28. The van der Waals surface area contributed by atoms with E-state index >= 15 is 0 Å². The Balaban J connectivity index is 0.000000224. The summed E-state index contributed by atoms with van der Waals surface area (Å²) >= 11 is 0. The number of nitrogens with zero attached hydrogens (tertiary/aromatic N) is 3. The van der Waals surface area contributed by atoms with Crippen LogP contribution in [0.15, 0.2) is 12.7 Å². The van der Waals surface area contributed by atoms with Crippen LogP contribution in [-0.4, -0.2) is 38.1 Å². The third-order valence-electron chi connectivity index (χ3n) is 2.74. The van der Waals surface area contributed by atoms with E-state index in [0.717, 1.165) is 13.0 Å². The van der Waals surface area contributed by atoms with E-state index < -0.39 is 12.1 Å². The largest absolute Gasteiger partial charge is 0.490 e. The van der Waals surface area contributed by atoms with Crippen molar-refractivity contribution in [1.29, 1.82) is 0 Å². The summed E-state index contributed by atoms with van der Waals surface area (Å²) in [6, 6.07) is 0.415. The number of alkyl halides is 3. The zero-order valence-corrected chi connectivity index (χ0v) is 10.0. The maximum Gasteiger partial charge on any atom is 0.490 e. The molecule has 1 fully saturated rings. The quantitative estimate of drug-likeness (QED) is 0.844. The van der Waals surface area contributed by atoms with Crippen LogP contribution in [0.5, 0.6) is 0 Å². The maximum absolute atomic E-state index is 10.6. The van der Waals surface area contributed by atoms with Crippen LogP contribution in [0.3, 0.4) is 0 Å². The molecule has 1 aromatic rings. The fourth-order valence-electron chi connectivity index (χ4n) is 1.87. The highest BCUT2D eigenvalue weighted by Gasteiger charge is 2.38. The van der Waals surface area contributed by atoms with E-state index in [-0.39, 0.29) is 0 Å². The maximum atomic E-state index is 10.6. The number of hydrogen-bond donors (Lipinski definition) is 2. The first kappa shape index (κ1) is 15.4. The van der Waals surface area contributed by atoms with E-state index in [2.05, 4.69) is 10.1 Å². The summed E-state index contributed by atoms with van der Waals surface area (Å²) in [5, 5.41) is 11.2. The van der Waals surface area contributed by atoms with Crippen LogP contribution < -0.4 is 5.73 Å². The fourth-order valence-corrected chi connectivity index (χ4v) is 1.87. The zero-order valence-electron chi connectivity index (χ0n) is 10.0. The summed E-state index contributed by atoms with van der Waals surface area (Å²) in [7, 11) is 0. The highest BCUT2D eigenvalue weighted by molar-refractivity contribution is 5.73. The molecule has 1 saturated carbocycles. The van der Waals surface area contributed by atoms with Gasteiger partial charge in [0.1, 0.15) is 12.7 Å². The Labute approximate surface area is 107 Å². The van der Waals surface area contributed by atoms with Crippen LogP contribution in [0.2, 0.25) is 0 Å². The average molecular weight is 280 g/mol. The minimum Gasteiger partial charge on any atom is -0.475 e. The predicted octanol–water partition coefficient (Wildman–Crippen LogP) is 1.04. The summed E-state index contributed by atoms with van der Waals surface area (Å²) in [4.78, 5) is 12.8. The molecule has 108 valence electrons. The number of aliphatic carboxylic acids is 1. The molecule has 3 N–H and O–H groups in total. The molecule has 1 aliphatic carbocycles. The molecule has 6 nitrogen and oxygen atoms in total. The number of halogens is 3. The van der Waals surface area contributed by atoms with Gasteiger partial charge < -0.3 is 10.8 Å².